The van der Waals surface area contributed by atoms with E-state index in [1.165, 1.54) is 0 Å². The van der Waals surface area contributed by atoms with E-state index in [4.69, 9.17) is 4.42 Å². The maximum atomic E-state index is 12.0. The Morgan fingerprint density at radius 2 is 2.14 bits per heavy atom. The van der Waals surface area contributed by atoms with E-state index in [0.29, 0.717) is 13.0 Å². The number of aryl methyl sites for hydroxylation is 1. The van der Waals surface area contributed by atoms with Crippen molar-refractivity contribution in [2.24, 2.45) is 0 Å². The number of nitrogens with one attached hydrogen (secondary N) is 1. The molecule has 1 aromatic heterocycles. The third-order valence-corrected chi connectivity index (χ3v) is 4.01. The molecule has 1 atom stereocenters. The molecule has 5 heteroatoms. The molecule has 118 valence electrons. The van der Waals surface area contributed by atoms with Crippen molar-refractivity contribution in [3.05, 3.63) is 58.5 Å². The first kappa shape index (κ1) is 16.8. The Morgan fingerprint density at radius 3 is 2.77 bits per heavy atom. The van der Waals surface area contributed by atoms with Gasteiger partial charge in [-0.15, -0.1) is 0 Å². The van der Waals surface area contributed by atoms with E-state index in [1.54, 1.807) is 6.26 Å². The summed E-state index contributed by atoms with van der Waals surface area (Å²) >= 11 is 3.44. The Balaban J connectivity index is 1.81. The Kier molecular flexibility index (Phi) is 6.21. The van der Waals surface area contributed by atoms with Gasteiger partial charge in [0.05, 0.1) is 12.3 Å². The van der Waals surface area contributed by atoms with Gasteiger partial charge in [0.2, 0.25) is 5.91 Å². The number of amides is 1. The molecule has 0 aliphatic carbocycles. The summed E-state index contributed by atoms with van der Waals surface area (Å²) in [7, 11) is 3.95. The van der Waals surface area contributed by atoms with Crippen molar-refractivity contribution in [1.82, 2.24) is 10.2 Å². The van der Waals surface area contributed by atoms with Crippen molar-refractivity contribution in [3.8, 4) is 0 Å². The minimum Gasteiger partial charge on any atom is -0.468 e. The molecule has 2 rings (SSSR count). The van der Waals surface area contributed by atoms with E-state index in [1.807, 2.05) is 55.4 Å². The highest BCUT2D eigenvalue weighted by Crippen LogP contribution is 2.17. The van der Waals surface area contributed by atoms with Crippen LogP contribution in [0.25, 0.3) is 0 Å². The average Bonchev–Trinajstić information content (AvgIpc) is 2.99. The van der Waals surface area contributed by atoms with E-state index >= 15 is 0 Å². The predicted octanol–water partition coefficient (Wildman–Crippen LogP) is 3.39. The molecule has 0 radical (unpaired) electrons. The first-order valence-corrected chi connectivity index (χ1v) is 8.06. The van der Waals surface area contributed by atoms with Crippen LogP contribution in [0.2, 0.25) is 0 Å². The smallest absolute Gasteiger partial charge is 0.220 e. The quantitative estimate of drug-likeness (QED) is 0.818. The zero-order chi connectivity index (χ0) is 15.9. The molecule has 1 heterocycles. The van der Waals surface area contributed by atoms with Gasteiger partial charge in [-0.05, 0) is 50.3 Å². The van der Waals surface area contributed by atoms with Gasteiger partial charge in [0.15, 0.2) is 0 Å². The number of benzene rings is 1. The first-order chi connectivity index (χ1) is 10.6. The van der Waals surface area contributed by atoms with Crippen LogP contribution in [-0.4, -0.2) is 31.4 Å². The lowest BCUT2D eigenvalue weighted by Crippen LogP contribution is -2.34. The summed E-state index contributed by atoms with van der Waals surface area (Å²) in [4.78, 5) is 14.1. The highest BCUT2D eigenvalue weighted by molar-refractivity contribution is 9.10. The monoisotopic (exact) mass is 364 g/mol. The van der Waals surface area contributed by atoms with Gasteiger partial charge in [0, 0.05) is 17.4 Å². The summed E-state index contributed by atoms with van der Waals surface area (Å²) in [5.74, 6) is 0.913. The van der Waals surface area contributed by atoms with Crippen LogP contribution in [0.3, 0.4) is 0 Å². The molecule has 1 aromatic carbocycles. The Bertz CT molecular complexity index is 596. The molecule has 2 aromatic rings. The standard InChI is InChI=1S/C17H21BrN2O2/c1-20(2)15(16-7-4-10-22-16)12-19-17(21)9-8-13-5-3-6-14(18)11-13/h3-7,10-11,15H,8-9,12H2,1-2H3,(H,19,21). The molecule has 0 aliphatic rings. The highest BCUT2D eigenvalue weighted by atomic mass is 79.9. The normalized spacial score (nSPS) is 12.4. The molecule has 0 spiro atoms. The predicted molar refractivity (Wildman–Crippen MR) is 90.6 cm³/mol. The van der Waals surface area contributed by atoms with Crippen LogP contribution in [0.1, 0.15) is 23.8 Å². The van der Waals surface area contributed by atoms with Crippen molar-refractivity contribution < 1.29 is 9.21 Å². The van der Waals surface area contributed by atoms with E-state index in [2.05, 4.69) is 21.2 Å². The van der Waals surface area contributed by atoms with Crippen LogP contribution < -0.4 is 5.32 Å². The highest BCUT2D eigenvalue weighted by Gasteiger charge is 2.17. The molecule has 1 N–H and O–H groups in total. The van der Waals surface area contributed by atoms with E-state index < -0.39 is 0 Å². The van der Waals surface area contributed by atoms with Crippen LogP contribution in [0.5, 0.6) is 0 Å². The molecule has 0 aliphatic heterocycles. The third-order valence-electron chi connectivity index (χ3n) is 3.52. The van der Waals surface area contributed by atoms with Crippen molar-refractivity contribution >= 4 is 21.8 Å². The van der Waals surface area contributed by atoms with E-state index in [-0.39, 0.29) is 11.9 Å². The van der Waals surface area contributed by atoms with Gasteiger partial charge in [-0.2, -0.15) is 0 Å². The summed E-state index contributed by atoms with van der Waals surface area (Å²) in [6.45, 7) is 0.540. The van der Waals surface area contributed by atoms with Crippen LogP contribution in [-0.2, 0) is 11.2 Å². The van der Waals surface area contributed by atoms with Crippen LogP contribution in [0, 0.1) is 0 Å². The second-order valence-corrected chi connectivity index (χ2v) is 6.34. The minimum atomic E-state index is 0.0461. The fourth-order valence-electron chi connectivity index (χ4n) is 2.27. The number of rotatable bonds is 7. The van der Waals surface area contributed by atoms with Crippen molar-refractivity contribution in [1.29, 1.82) is 0 Å². The zero-order valence-electron chi connectivity index (χ0n) is 12.9. The lowest BCUT2D eigenvalue weighted by Gasteiger charge is -2.22. The fourth-order valence-corrected chi connectivity index (χ4v) is 2.71. The summed E-state index contributed by atoms with van der Waals surface area (Å²) in [5, 5.41) is 2.98. The van der Waals surface area contributed by atoms with Gasteiger partial charge in [-0.3, -0.25) is 9.69 Å². The molecule has 1 unspecified atom stereocenters. The SMILES string of the molecule is CN(C)C(CNC(=O)CCc1cccc(Br)c1)c1ccco1. The molecular weight excluding hydrogens is 344 g/mol. The summed E-state index contributed by atoms with van der Waals surface area (Å²) < 4.78 is 6.47. The zero-order valence-corrected chi connectivity index (χ0v) is 14.5. The topological polar surface area (TPSA) is 45.5 Å². The molecule has 22 heavy (non-hydrogen) atoms. The van der Waals surface area contributed by atoms with Crippen molar-refractivity contribution in [3.63, 3.8) is 0 Å². The van der Waals surface area contributed by atoms with Crippen molar-refractivity contribution in [2.75, 3.05) is 20.6 Å². The molecular formula is C17H21BrN2O2. The van der Waals surface area contributed by atoms with Crippen LogP contribution >= 0.6 is 15.9 Å². The number of likely N-dealkylation sites (N-methyl/N-ethyl adjacent to an activating group) is 1. The molecule has 4 nitrogen and oxygen atoms in total. The summed E-state index contributed by atoms with van der Waals surface area (Å²) in [6.07, 6.45) is 2.87. The largest absolute Gasteiger partial charge is 0.468 e. The number of carbonyl (C=O) groups is 1. The first-order valence-electron chi connectivity index (χ1n) is 7.27. The maximum absolute atomic E-state index is 12.0. The molecule has 1 amide bonds. The van der Waals surface area contributed by atoms with Crippen LogP contribution in [0.4, 0.5) is 0 Å². The number of halogens is 1. The fraction of sp³-hybridized carbons (Fsp3) is 0.353. The van der Waals surface area contributed by atoms with Gasteiger partial charge in [-0.1, -0.05) is 28.1 Å². The average molecular weight is 365 g/mol. The lowest BCUT2D eigenvalue weighted by atomic mass is 10.1. The van der Waals surface area contributed by atoms with Gasteiger partial charge in [0.1, 0.15) is 5.76 Å². The van der Waals surface area contributed by atoms with Gasteiger partial charge < -0.3 is 9.73 Å². The number of nitrogens with zero attached hydrogens (tertiary/aromatic N) is 1. The Morgan fingerprint density at radius 1 is 1.32 bits per heavy atom. The molecule has 0 saturated carbocycles. The third kappa shape index (κ3) is 5.00. The summed E-state index contributed by atoms with van der Waals surface area (Å²) in [6, 6.07) is 11.9. The van der Waals surface area contributed by atoms with E-state index in [9.17, 15) is 4.79 Å². The minimum absolute atomic E-state index is 0.0461. The summed E-state index contributed by atoms with van der Waals surface area (Å²) in [5.41, 5.74) is 1.15. The number of hydrogen-bond acceptors (Lipinski definition) is 3. The number of carbonyl (C=O) groups excluding carboxylic acids is 1. The van der Waals surface area contributed by atoms with Crippen LogP contribution in [0.15, 0.2) is 51.6 Å². The van der Waals surface area contributed by atoms with E-state index in [0.717, 1.165) is 22.2 Å². The van der Waals surface area contributed by atoms with Gasteiger partial charge in [-0.25, -0.2) is 0 Å². The Labute approximate surface area is 139 Å². The molecule has 0 saturated heterocycles. The lowest BCUT2D eigenvalue weighted by molar-refractivity contribution is -0.121. The second-order valence-electron chi connectivity index (χ2n) is 5.43. The molecule has 0 fully saturated rings. The van der Waals surface area contributed by atoms with Gasteiger partial charge >= 0.3 is 0 Å². The number of hydrogen-bond donors (Lipinski definition) is 1. The van der Waals surface area contributed by atoms with Gasteiger partial charge in [0.25, 0.3) is 0 Å². The number of furan rings is 1. The Hall–Kier alpha value is -1.59. The second kappa shape index (κ2) is 8.15. The maximum Gasteiger partial charge on any atom is 0.220 e. The van der Waals surface area contributed by atoms with Crippen molar-refractivity contribution in [2.45, 2.75) is 18.9 Å². The molecule has 0 bridgehead atoms.